The van der Waals surface area contributed by atoms with Crippen LogP contribution in [-0.4, -0.2) is 22.8 Å². The second kappa shape index (κ2) is 7.45. The van der Waals surface area contributed by atoms with Gasteiger partial charge in [0.1, 0.15) is 11.5 Å². The number of hydrogen-bond acceptors (Lipinski definition) is 4. The van der Waals surface area contributed by atoms with E-state index < -0.39 is 5.97 Å². The van der Waals surface area contributed by atoms with Gasteiger partial charge in [-0.15, -0.1) is 0 Å². The molecule has 0 atom stereocenters. The van der Waals surface area contributed by atoms with Crippen molar-refractivity contribution in [2.75, 3.05) is 6.61 Å². The number of rotatable bonds is 6. The number of carbonyl (C=O) groups is 1. The van der Waals surface area contributed by atoms with E-state index in [9.17, 15) is 15.0 Å². The highest BCUT2D eigenvalue weighted by atomic mass is 127. The van der Waals surface area contributed by atoms with E-state index in [2.05, 4.69) is 6.92 Å². The number of halogens is 1. The standard InChI is InChI=1S/C13H17IO4/c1-2-3-4-5-6-18-13(17)9-7-10(15)12(14)11(16)8-9/h7-8,15-16H,2-6H2,1H3. The summed E-state index contributed by atoms with van der Waals surface area (Å²) in [6.07, 6.45) is 4.13. The maximum Gasteiger partial charge on any atom is 0.338 e. The Bertz CT molecular complexity index is 394. The lowest BCUT2D eigenvalue weighted by molar-refractivity contribution is 0.0497. The summed E-state index contributed by atoms with van der Waals surface area (Å²) in [6, 6.07) is 2.60. The molecule has 0 saturated carbocycles. The van der Waals surface area contributed by atoms with Gasteiger partial charge in [0.2, 0.25) is 0 Å². The van der Waals surface area contributed by atoms with Gasteiger partial charge in [0.25, 0.3) is 0 Å². The maximum atomic E-state index is 11.6. The third-order valence-electron chi connectivity index (χ3n) is 2.50. The molecule has 0 aliphatic rings. The van der Waals surface area contributed by atoms with Crippen LogP contribution >= 0.6 is 22.6 Å². The number of benzene rings is 1. The minimum Gasteiger partial charge on any atom is -0.507 e. The number of phenols is 2. The Morgan fingerprint density at radius 3 is 2.39 bits per heavy atom. The quantitative estimate of drug-likeness (QED) is 0.461. The number of phenolic OH excluding ortho intramolecular Hbond substituents is 2. The average molecular weight is 364 g/mol. The summed E-state index contributed by atoms with van der Waals surface area (Å²) >= 11 is 1.80. The monoisotopic (exact) mass is 364 g/mol. The zero-order valence-electron chi connectivity index (χ0n) is 10.3. The Morgan fingerprint density at radius 2 is 1.83 bits per heavy atom. The molecule has 0 saturated heterocycles. The van der Waals surface area contributed by atoms with Crippen molar-refractivity contribution in [3.05, 3.63) is 21.3 Å². The van der Waals surface area contributed by atoms with E-state index in [0.717, 1.165) is 25.7 Å². The number of aromatic hydroxyl groups is 2. The molecule has 0 aliphatic carbocycles. The fourth-order valence-corrected chi connectivity index (χ4v) is 1.80. The summed E-state index contributed by atoms with van der Waals surface area (Å²) in [5.41, 5.74) is 0.168. The molecule has 0 heterocycles. The lowest BCUT2D eigenvalue weighted by atomic mass is 10.2. The van der Waals surface area contributed by atoms with Crippen LogP contribution in [0.2, 0.25) is 0 Å². The number of ether oxygens (including phenoxy) is 1. The van der Waals surface area contributed by atoms with E-state index in [-0.39, 0.29) is 17.1 Å². The van der Waals surface area contributed by atoms with Gasteiger partial charge in [-0.3, -0.25) is 0 Å². The van der Waals surface area contributed by atoms with E-state index >= 15 is 0 Å². The van der Waals surface area contributed by atoms with Crippen molar-refractivity contribution in [3.8, 4) is 11.5 Å². The fraction of sp³-hybridized carbons (Fsp3) is 0.462. The van der Waals surface area contributed by atoms with Crippen molar-refractivity contribution >= 4 is 28.6 Å². The first-order chi connectivity index (χ1) is 8.56. The molecule has 1 rings (SSSR count). The van der Waals surface area contributed by atoms with Crippen LogP contribution in [0.1, 0.15) is 43.0 Å². The van der Waals surface area contributed by atoms with Crippen molar-refractivity contribution in [3.63, 3.8) is 0 Å². The molecular weight excluding hydrogens is 347 g/mol. The predicted molar refractivity (Wildman–Crippen MR) is 76.9 cm³/mol. The number of unbranched alkanes of at least 4 members (excludes halogenated alkanes) is 3. The van der Waals surface area contributed by atoms with Crippen LogP contribution in [0.25, 0.3) is 0 Å². The van der Waals surface area contributed by atoms with Crippen molar-refractivity contribution in [2.45, 2.75) is 32.6 Å². The Labute approximate surface area is 120 Å². The van der Waals surface area contributed by atoms with Crippen LogP contribution in [0.5, 0.6) is 11.5 Å². The fourth-order valence-electron chi connectivity index (χ4n) is 1.49. The van der Waals surface area contributed by atoms with Crippen molar-refractivity contribution in [1.82, 2.24) is 0 Å². The van der Waals surface area contributed by atoms with Crippen molar-refractivity contribution < 1.29 is 19.7 Å². The molecule has 0 spiro atoms. The summed E-state index contributed by atoms with van der Waals surface area (Å²) in [4.78, 5) is 11.6. The molecule has 5 heteroatoms. The molecule has 18 heavy (non-hydrogen) atoms. The van der Waals surface area contributed by atoms with Gasteiger partial charge in [-0.2, -0.15) is 0 Å². The molecular formula is C13H17IO4. The summed E-state index contributed by atoms with van der Waals surface area (Å²) in [5.74, 6) is -0.754. The third-order valence-corrected chi connectivity index (χ3v) is 3.61. The second-order valence-corrected chi connectivity index (χ2v) is 5.10. The van der Waals surface area contributed by atoms with E-state index in [1.54, 1.807) is 22.6 Å². The molecule has 0 bridgehead atoms. The topological polar surface area (TPSA) is 66.8 Å². The first-order valence-corrected chi connectivity index (χ1v) is 7.02. The summed E-state index contributed by atoms with van der Waals surface area (Å²) in [5, 5.41) is 19.0. The van der Waals surface area contributed by atoms with E-state index in [1.807, 2.05) is 0 Å². The minimum atomic E-state index is -0.520. The first kappa shape index (κ1) is 15.1. The van der Waals surface area contributed by atoms with Crippen LogP contribution in [0.4, 0.5) is 0 Å². The number of esters is 1. The highest BCUT2D eigenvalue weighted by molar-refractivity contribution is 14.1. The van der Waals surface area contributed by atoms with Gasteiger partial charge in [0.05, 0.1) is 15.7 Å². The lowest BCUT2D eigenvalue weighted by Gasteiger charge is -2.07. The van der Waals surface area contributed by atoms with Crippen LogP contribution in [0.3, 0.4) is 0 Å². The molecule has 4 nitrogen and oxygen atoms in total. The van der Waals surface area contributed by atoms with Gasteiger partial charge < -0.3 is 14.9 Å². The molecule has 0 unspecified atom stereocenters. The number of carbonyl (C=O) groups excluding carboxylic acids is 1. The molecule has 1 aromatic carbocycles. The van der Waals surface area contributed by atoms with Gasteiger partial charge >= 0.3 is 5.97 Å². The average Bonchev–Trinajstić information content (AvgIpc) is 2.34. The number of hydrogen-bond donors (Lipinski definition) is 2. The molecule has 0 aromatic heterocycles. The summed E-state index contributed by atoms with van der Waals surface area (Å²) < 4.78 is 5.39. The van der Waals surface area contributed by atoms with Crippen LogP contribution in [0, 0.1) is 3.57 Å². The van der Waals surface area contributed by atoms with E-state index in [1.165, 1.54) is 12.1 Å². The van der Waals surface area contributed by atoms with E-state index in [4.69, 9.17) is 4.74 Å². The van der Waals surface area contributed by atoms with E-state index in [0.29, 0.717) is 10.2 Å². The van der Waals surface area contributed by atoms with Gasteiger partial charge in [0.15, 0.2) is 0 Å². The lowest BCUT2D eigenvalue weighted by Crippen LogP contribution is -2.06. The molecule has 2 N–H and O–H groups in total. The smallest absolute Gasteiger partial charge is 0.338 e. The highest BCUT2D eigenvalue weighted by Gasteiger charge is 2.13. The summed E-state index contributed by atoms with van der Waals surface area (Å²) in [6.45, 7) is 2.48. The molecule has 0 radical (unpaired) electrons. The Hall–Kier alpha value is -0.980. The molecule has 100 valence electrons. The first-order valence-electron chi connectivity index (χ1n) is 5.94. The maximum absolute atomic E-state index is 11.6. The SMILES string of the molecule is CCCCCCOC(=O)c1cc(O)c(I)c(O)c1. The largest absolute Gasteiger partial charge is 0.507 e. The second-order valence-electron chi connectivity index (χ2n) is 4.03. The van der Waals surface area contributed by atoms with Crippen molar-refractivity contribution in [1.29, 1.82) is 0 Å². The predicted octanol–water partition coefficient (Wildman–Crippen LogP) is 3.44. The summed E-state index contributed by atoms with van der Waals surface area (Å²) in [7, 11) is 0. The Kier molecular flexibility index (Phi) is 6.24. The third kappa shape index (κ3) is 4.36. The Morgan fingerprint density at radius 1 is 1.22 bits per heavy atom. The van der Waals surface area contributed by atoms with Gasteiger partial charge in [-0.05, 0) is 41.1 Å². The van der Waals surface area contributed by atoms with Crippen LogP contribution < -0.4 is 0 Å². The molecule has 1 aromatic rings. The normalized spacial score (nSPS) is 10.3. The zero-order valence-corrected chi connectivity index (χ0v) is 12.4. The zero-order chi connectivity index (χ0) is 13.5. The Balaban J connectivity index is 2.52. The molecule has 0 aliphatic heterocycles. The van der Waals surface area contributed by atoms with Gasteiger partial charge in [-0.1, -0.05) is 26.2 Å². The van der Waals surface area contributed by atoms with Crippen LogP contribution in [-0.2, 0) is 4.74 Å². The highest BCUT2D eigenvalue weighted by Crippen LogP contribution is 2.30. The molecule has 0 fully saturated rings. The van der Waals surface area contributed by atoms with Crippen LogP contribution in [0.15, 0.2) is 12.1 Å². The minimum absolute atomic E-state index is 0.117. The van der Waals surface area contributed by atoms with Crippen molar-refractivity contribution in [2.24, 2.45) is 0 Å². The molecule has 0 amide bonds. The van der Waals surface area contributed by atoms with Gasteiger partial charge in [0, 0.05) is 0 Å². The van der Waals surface area contributed by atoms with Gasteiger partial charge in [-0.25, -0.2) is 4.79 Å².